The van der Waals surface area contributed by atoms with E-state index in [1.807, 2.05) is 31.2 Å². The van der Waals surface area contributed by atoms with Crippen LogP contribution in [0.4, 0.5) is 30.8 Å². The van der Waals surface area contributed by atoms with E-state index in [-0.39, 0.29) is 27.7 Å². The summed E-state index contributed by atoms with van der Waals surface area (Å²) in [4.78, 5) is 16.1. The quantitative estimate of drug-likeness (QED) is 0.563. The first kappa shape index (κ1) is 20.2. The summed E-state index contributed by atoms with van der Waals surface area (Å²) in [7, 11) is 0. The molecule has 0 unspecified atom stereocenters. The van der Waals surface area contributed by atoms with Crippen LogP contribution in [0.1, 0.15) is 17.0 Å². The number of nitrogens with one attached hydrogen (secondary N) is 1. The number of nitrogens with zero attached hydrogens (tertiary/aromatic N) is 4. The third-order valence-electron chi connectivity index (χ3n) is 3.48. The Morgan fingerprint density at radius 1 is 1.14 bits per heavy atom. The molecule has 6 nitrogen and oxygen atoms in total. The van der Waals surface area contributed by atoms with Gasteiger partial charge in [0.1, 0.15) is 10.9 Å². The average molecular weight is 427 g/mol. The maximum atomic E-state index is 12.7. The van der Waals surface area contributed by atoms with E-state index in [9.17, 15) is 13.2 Å². The van der Waals surface area contributed by atoms with Gasteiger partial charge in [0.15, 0.2) is 0 Å². The lowest BCUT2D eigenvalue weighted by molar-refractivity contribution is -0.137. The molecule has 0 atom stereocenters. The first-order valence-electron chi connectivity index (χ1n) is 7.90. The van der Waals surface area contributed by atoms with Crippen molar-refractivity contribution < 1.29 is 13.2 Å². The number of nitrogens with two attached hydrogens (primary N) is 1. The molecule has 146 valence electrons. The van der Waals surface area contributed by atoms with Crippen LogP contribution in [-0.2, 0) is 11.9 Å². The molecule has 0 fully saturated rings. The summed E-state index contributed by atoms with van der Waals surface area (Å²) in [6.45, 7) is 1.97. The van der Waals surface area contributed by atoms with Crippen LogP contribution >= 0.6 is 23.4 Å². The second kappa shape index (κ2) is 8.19. The van der Waals surface area contributed by atoms with Crippen molar-refractivity contribution in [3.8, 4) is 0 Å². The maximum absolute atomic E-state index is 12.7. The Hall–Kier alpha value is -2.59. The van der Waals surface area contributed by atoms with Crippen molar-refractivity contribution in [1.82, 2.24) is 19.9 Å². The molecule has 2 aromatic heterocycles. The fourth-order valence-corrected chi connectivity index (χ4v) is 3.19. The number of rotatable bonds is 5. The SMILES string of the molecule is Cc1ccc(Nc2nc(N)nc(CSc3ncc(C(F)(F)F)cc3Cl)n2)cc1. The van der Waals surface area contributed by atoms with Crippen molar-refractivity contribution in [3.05, 3.63) is 58.5 Å². The summed E-state index contributed by atoms with van der Waals surface area (Å²) in [5, 5.41) is 3.17. The van der Waals surface area contributed by atoms with E-state index in [1.54, 1.807) is 0 Å². The topological polar surface area (TPSA) is 89.6 Å². The van der Waals surface area contributed by atoms with Crippen LogP contribution in [0.2, 0.25) is 5.02 Å². The third kappa shape index (κ3) is 5.23. The van der Waals surface area contributed by atoms with Crippen molar-refractivity contribution >= 4 is 40.9 Å². The third-order valence-corrected chi connectivity index (χ3v) is 4.88. The minimum atomic E-state index is -4.50. The Bertz CT molecular complexity index is 982. The number of alkyl halides is 3. The first-order valence-corrected chi connectivity index (χ1v) is 9.27. The molecule has 3 aromatic rings. The smallest absolute Gasteiger partial charge is 0.368 e. The molecule has 0 aliphatic rings. The fraction of sp³-hybridized carbons (Fsp3) is 0.176. The zero-order valence-electron chi connectivity index (χ0n) is 14.5. The van der Waals surface area contributed by atoms with E-state index in [0.717, 1.165) is 35.3 Å². The molecule has 0 aliphatic heterocycles. The van der Waals surface area contributed by atoms with Gasteiger partial charge in [-0.25, -0.2) is 4.98 Å². The summed E-state index contributed by atoms with van der Waals surface area (Å²) in [5.41, 5.74) is 6.71. The predicted molar refractivity (Wildman–Crippen MR) is 103 cm³/mol. The second-order valence-corrected chi connectivity index (χ2v) is 7.09. The molecule has 11 heteroatoms. The average Bonchev–Trinajstić information content (AvgIpc) is 2.61. The molecular weight excluding hydrogens is 413 g/mol. The van der Waals surface area contributed by atoms with E-state index in [2.05, 4.69) is 25.3 Å². The molecule has 0 spiro atoms. The largest absolute Gasteiger partial charge is 0.417 e. The van der Waals surface area contributed by atoms with Crippen molar-refractivity contribution in [3.63, 3.8) is 0 Å². The molecule has 1 aromatic carbocycles. The zero-order chi connectivity index (χ0) is 20.3. The highest BCUT2D eigenvalue weighted by Gasteiger charge is 2.31. The van der Waals surface area contributed by atoms with Gasteiger partial charge in [0.25, 0.3) is 0 Å². The van der Waals surface area contributed by atoms with Gasteiger partial charge in [-0.3, -0.25) is 0 Å². The maximum Gasteiger partial charge on any atom is 0.417 e. The zero-order valence-corrected chi connectivity index (χ0v) is 16.0. The molecule has 3 N–H and O–H groups in total. The number of anilines is 3. The lowest BCUT2D eigenvalue weighted by Crippen LogP contribution is -2.07. The monoisotopic (exact) mass is 426 g/mol. The van der Waals surface area contributed by atoms with E-state index in [1.165, 1.54) is 0 Å². The van der Waals surface area contributed by atoms with Crippen LogP contribution in [0.15, 0.2) is 41.6 Å². The molecule has 0 bridgehead atoms. The number of halogens is 4. The van der Waals surface area contributed by atoms with Gasteiger partial charge in [-0.1, -0.05) is 41.1 Å². The molecule has 28 heavy (non-hydrogen) atoms. The van der Waals surface area contributed by atoms with Gasteiger partial charge in [-0.05, 0) is 25.1 Å². The number of pyridine rings is 1. The molecule has 0 amide bonds. The first-order chi connectivity index (χ1) is 13.2. The normalized spacial score (nSPS) is 11.5. The number of hydrogen-bond acceptors (Lipinski definition) is 7. The minimum Gasteiger partial charge on any atom is -0.368 e. The van der Waals surface area contributed by atoms with Crippen LogP contribution in [-0.4, -0.2) is 19.9 Å². The number of benzene rings is 1. The van der Waals surface area contributed by atoms with Crippen molar-refractivity contribution in [2.45, 2.75) is 23.9 Å². The van der Waals surface area contributed by atoms with Gasteiger partial charge in [0.05, 0.1) is 16.3 Å². The number of thioether (sulfide) groups is 1. The van der Waals surface area contributed by atoms with Crippen LogP contribution < -0.4 is 11.1 Å². The molecule has 0 radical (unpaired) electrons. The highest BCUT2D eigenvalue weighted by molar-refractivity contribution is 7.98. The molecule has 0 saturated carbocycles. The predicted octanol–water partition coefficient (Wildman–Crippen LogP) is 4.87. The minimum absolute atomic E-state index is 0.0201. The molecule has 3 rings (SSSR count). The summed E-state index contributed by atoms with van der Waals surface area (Å²) < 4.78 is 38.1. The summed E-state index contributed by atoms with van der Waals surface area (Å²) >= 11 is 7.01. The van der Waals surface area contributed by atoms with Crippen LogP contribution in [0.25, 0.3) is 0 Å². The number of hydrogen-bond donors (Lipinski definition) is 2. The van der Waals surface area contributed by atoms with Gasteiger partial charge in [-0.15, -0.1) is 0 Å². The molecular formula is C17H14ClF3N6S. The highest BCUT2D eigenvalue weighted by Crippen LogP contribution is 2.34. The highest BCUT2D eigenvalue weighted by atomic mass is 35.5. The Morgan fingerprint density at radius 3 is 2.50 bits per heavy atom. The van der Waals surface area contributed by atoms with E-state index in [4.69, 9.17) is 17.3 Å². The van der Waals surface area contributed by atoms with Crippen molar-refractivity contribution in [2.24, 2.45) is 0 Å². The second-order valence-electron chi connectivity index (χ2n) is 5.72. The number of aryl methyl sites for hydroxylation is 1. The Kier molecular flexibility index (Phi) is 5.90. The number of aromatic nitrogens is 4. The van der Waals surface area contributed by atoms with Crippen LogP contribution in [0, 0.1) is 6.92 Å². The van der Waals surface area contributed by atoms with Gasteiger partial charge in [0.2, 0.25) is 11.9 Å². The van der Waals surface area contributed by atoms with Crippen molar-refractivity contribution in [2.75, 3.05) is 11.1 Å². The molecule has 2 heterocycles. The summed E-state index contributed by atoms with van der Waals surface area (Å²) in [6.07, 6.45) is -3.76. The molecule has 0 saturated heterocycles. The lowest BCUT2D eigenvalue weighted by atomic mass is 10.2. The van der Waals surface area contributed by atoms with Gasteiger partial charge in [-0.2, -0.15) is 28.1 Å². The Balaban J connectivity index is 1.72. The van der Waals surface area contributed by atoms with E-state index in [0.29, 0.717) is 5.82 Å². The van der Waals surface area contributed by atoms with Crippen molar-refractivity contribution in [1.29, 1.82) is 0 Å². The van der Waals surface area contributed by atoms with Gasteiger partial charge >= 0.3 is 6.18 Å². The number of nitrogen functional groups attached to an aromatic ring is 1. The lowest BCUT2D eigenvalue weighted by Gasteiger charge is -2.09. The fourth-order valence-electron chi connectivity index (χ4n) is 2.14. The van der Waals surface area contributed by atoms with E-state index >= 15 is 0 Å². The van der Waals surface area contributed by atoms with Gasteiger partial charge in [0, 0.05) is 11.9 Å². The summed E-state index contributed by atoms with van der Waals surface area (Å²) in [6, 6.07) is 8.44. The standard InChI is InChI=1S/C17H14ClF3N6S/c1-9-2-4-11(5-3-9)24-16-26-13(25-15(22)27-16)8-28-14-12(18)6-10(7-23-14)17(19,20)21/h2-7H,8H2,1H3,(H3,22,24,25,26,27). The van der Waals surface area contributed by atoms with E-state index < -0.39 is 11.7 Å². The van der Waals surface area contributed by atoms with Gasteiger partial charge < -0.3 is 11.1 Å². The summed E-state index contributed by atoms with van der Waals surface area (Å²) in [5.74, 6) is 0.822. The Labute approximate surface area is 167 Å². The Morgan fingerprint density at radius 2 is 1.86 bits per heavy atom. The van der Waals surface area contributed by atoms with Crippen LogP contribution in [0.3, 0.4) is 0 Å². The van der Waals surface area contributed by atoms with Crippen LogP contribution in [0.5, 0.6) is 0 Å². The molecule has 0 aliphatic carbocycles.